The van der Waals surface area contributed by atoms with Gasteiger partial charge in [-0.2, -0.15) is 18.3 Å². The second-order valence-corrected chi connectivity index (χ2v) is 8.59. The van der Waals surface area contributed by atoms with Crippen molar-refractivity contribution in [3.63, 3.8) is 0 Å². The first-order chi connectivity index (χ1) is 16.5. The van der Waals surface area contributed by atoms with Gasteiger partial charge in [0.1, 0.15) is 5.82 Å². The molecular weight excluding hydrogens is 500 g/mol. The Hall–Kier alpha value is -3.42. The van der Waals surface area contributed by atoms with Crippen LogP contribution in [0.25, 0.3) is 11.1 Å². The van der Waals surface area contributed by atoms with Crippen LogP contribution in [-0.2, 0) is 40.4 Å². The van der Waals surface area contributed by atoms with Crippen LogP contribution in [0.1, 0.15) is 30.3 Å². The van der Waals surface area contributed by atoms with E-state index >= 15 is 0 Å². The molecule has 0 saturated carbocycles. The molecule has 2 heterocycles. The minimum atomic E-state index is -5.01. The van der Waals surface area contributed by atoms with Gasteiger partial charge in [0, 0.05) is 22.8 Å². The summed E-state index contributed by atoms with van der Waals surface area (Å²) in [5.41, 5.74) is -2.51. The van der Waals surface area contributed by atoms with E-state index in [4.69, 9.17) is 0 Å². The average molecular weight is 516 g/mol. The van der Waals surface area contributed by atoms with E-state index in [0.29, 0.717) is 18.6 Å². The maximum absolute atomic E-state index is 14.0. The van der Waals surface area contributed by atoms with Crippen LogP contribution in [0.15, 0.2) is 33.8 Å². The fraction of sp³-hybridized carbons (Fsp3) is 0.286. The Morgan fingerprint density at radius 1 is 1.17 bits per heavy atom. The predicted molar refractivity (Wildman–Crippen MR) is 112 cm³/mol. The molecule has 1 aliphatic carbocycles. The van der Waals surface area contributed by atoms with Gasteiger partial charge in [0.15, 0.2) is 17.3 Å². The van der Waals surface area contributed by atoms with Crippen molar-refractivity contribution in [2.45, 2.75) is 43.9 Å². The molecule has 0 bridgehead atoms. The number of hydrogen-bond donors (Lipinski definition) is 1. The lowest BCUT2D eigenvalue weighted by Crippen LogP contribution is -2.17. The van der Waals surface area contributed by atoms with Gasteiger partial charge < -0.3 is 13.9 Å². The van der Waals surface area contributed by atoms with E-state index in [2.05, 4.69) is 19.8 Å². The summed E-state index contributed by atoms with van der Waals surface area (Å²) in [5.74, 6) is -3.66. The number of carbonyl (C=O) groups excluding carboxylic acids is 1. The van der Waals surface area contributed by atoms with E-state index in [-0.39, 0.29) is 41.9 Å². The molecule has 7 nitrogen and oxygen atoms in total. The number of halogens is 6. The summed E-state index contributed by atoms with van der Waals surface area (Å²) in [5, 5.41) is 5.27. The third kappa shape index (κ3) is 4.88. The topological polar surface area (TPSA) is 89.2 Å². The van der Waals surface area contributed by atoms with E-state index in [1.807, 2.05) is 0 Å². The third-order valence-electron chi connectivity index (χ3n) is 5.27. The van der Waals surface area contributed by atoms with Gasteiger partial charge in [-0.1, -0.05) is 6.07 Å². The van der Waals surface area contributed by atoms with E-state index in [0.717, 1.165) is 16.9 Å². The summed E-state index contributed by atoms with van der Waals surface area (Å²) < 4.78 is 100. The number of nitrogens with one attached hydrogen (secondary N) is 1. The monoisotopic (exact) mass is 516 g/mol. The van der Waals surface area contributed by atoms with Gasteiger partial charge in [-0.05, 0) is 49.4 Å². The number of amides is 2. The standard InChI is InChI=1S/C21H16F6N5O2S/c1-2-32-9-14(24)19(30-32)35(34)31-20(33)29-17-11-4-3-5-15(11)28-18(21(25,26)27)16(17)10-6-7-12(22)13(23)8-10/h6-9H,2-5H2,1H3,(H,28,29,33)/q-1. The van der Waals surface area contributed by atoms with Crippen LogP contribution in [0.5, 0.6) is 0 Å². The molecule has 14 heteroatoms. The average Bonchev–Trinajstić information content (AvgIpc) is 3.41. The number of fused-ring (bicyclic) bond motifs is 1. The van der Waals surface area contributed by atoms with Gasteiger partial charge >= 0.3 is 12.2 Å². The van der Waals surface area contributed by atoms with Gasteiger partial charge in [-0.25, -0.2) is 22.9 Å². The van der Waals surface area contributed by atoms with E-state index < -0.39 is 56.5 Å². The lowest BCUT2D eigenvalue weighted by molar-refractivity contribution is -0.140. The smallest absolute Gasteiger partial charge is 0.434 e. The first-order valence-electron chi connectivity index (χ1n) is 10.3. The van der Waals surface area contributed by atoms with Crippen molar-refractivity contribution in [3.05, 3.63) is 58.8 Å². The van der Waals surface area contributed by atoms with Crippen LogP contribution >= 0.6 is 0 Å². The van der Waals surface area contributed by atoms with Gasteiger partial charge in [-0.3, -0.25) is 4.68 Å². The minimum absolute atomic E-state index is 0.0767. The molecular formula is C21H16F6N5O2S-. The molecule has 4 rings (SSSR count). The highest BCUT2D eigenvalue weighted by Gasteiger charge is 2.39. The maximum atomic E-state index is 14.0. The number of carbonyl (C=O) groups is 1. The number of aryl methyl sites for hydroxylation is 2. The van der Waals surface area contributed by atoms with Crippen molar-refractivity contribution in [1.29, 1.82) is 0 Å². The zero-order valence-electron chi connectivity index (χ0n) is 17.9. The van der Waals surface area contributed by atoms with Crippen LogP contribution in [0, 0.1) is 17.5 Å². The lowest BCUT2D eigenvalue weighted by Gasteiger charge is -2.20. The van der Waals surface area contributed by atoms with E-state index in [9.17, 15) is 35.3 Å². The molecule has 1 aliphatic rings. The van der Waals surface area contributed by atoms with Crippen LogP contribution in [-0.4, -0.2) is 20.8 Å². The second kappa shape index (κ2) is 9.32. The molecule has 2 aromatic heterocycles. The Morgan fingerprint density at radius 2 is 1.91 bits per heavy atom. The lowest BCUT2D eigenvalue weighted by atomic mass is 9.97. The Morgan fingerprint density at radius 3 is 2.54 bits per heavy atom. The van der Waals surface area contributed by atoms with Crippen molar-refractivity contribution in [3.8, 4) is 11.1 Å². The van der Waals surface area contributed by atoms with Gasteiger partial charge in [0.25, 0.3) is 0 Å². The number of benzene rings is 1. The van der Waals surface area contributed by atoms with Crippen LogP contribution < -0.4 is 5.32 Å². The van der Waals surface area contributed by atoms with Crippen molar-refractivity contribution in [2.75, 3.05) is 5.32 Å². The highest BCUT2D eigenvalue weighted by Crippen LogP contribution is 2.44. The zero-order valence-corrected chi connectivity index (χ0v) is 18.7. The number of anilines is 1. The Balaban J connectivity index is 1.85. The first-order valence-corrected chi connectivity index (χ1v) is 11.4. The van der Waals surface area contributed by atoms with Crippen molar-refractivity contribution < 1.29 is 35.3 Å². The molecule has 1 aromatic carbocycles. The fourth-order valence-corrected chi connectivity index (χ4v) is 4.44. The normalized spacial score (nSPS) is 14.3. The molecule has 0 unspecified atom stereocenters. The van der Waals surface area contributed by atoms with Crippen molar-refractivity contribution in [2.24, 2.45) is 4.36 Å². The van der Waals surface area contributed by atoms with Crippen LogP contribution in [0.2, 0.25) is 0 Å². The molecule has 0 aliphatic heterocycles. The molecule has 0 saturated heterocycles. The number of nitrogens with zero attached hydrogens (tertiary/aromatic N) is 4. The Bertz CT molecular complexity index is 1410. The summed E-state index contributed by atoms with van der Waals surface area (Å²) in [7, 11) is -2.60. The summed E-state index contributed by atoms with van der Waals surface area (Å²) >= 11 is 0. The molecule has 186 valence electrons. The number of hydrogen-bond acceptors (Lipinski definition) is 5. The summed E-state index contributed by atoms with van der Waals surface area (Å²) in [6, 6.07) is 0.784. The first kappa shape index (κ1) is 24.7. The van der Waals surface area contributed by atoms with Crippen LogP contribution in [0.3, 0.4) is 0 Å². The number of alkyl halides is 3. The highest BCUT2D eigenvalue weighted by molar-refractivity contribution is 7.75. The number of pyridine rings is 1. The number of urea groups is 1. The summed E-state index contributed by atoms with van der Waals surface area (Å²) in [6.45, 7) is 1.90. The number of rotatable bonds is 4. The molecule has 2 amide bonds. The van der Waals surface area contributed by atoms with Crippen LogP contribution in [0.4, 0.5) is 36.8 Å². The molecule has 0 spiro atoms. The largest absolute Gasteiger partial charge is 0.438 e. The predicted octanol–water partition coefficient (Wildman–Crippen LogP) is 5.63. The fourth-order valence-electron chi connectivity index (χ4n) is 3.76. The summed E-state index contributed by atoms with van der Waals surface area (Å²) in [6.07, 6.45) is -3.18. The second-order valence-electron chi connectivity index (χ2n) is 7.52. The highest BCUT2D eigenvalue weighted by atomic mass is 32.2. The summed E-state index contributed by atoms with van der Waals surface area (Å²) in [4.78, 5) is 16.3. The van der Waals surface area contributed by atoms with Gasteiger partial charge in [0.2, 0.25) is 0 Å². The SMILES string of the molecule is CCn1cc(F)c([S-](=O)=NC(=O)Nc2c3c(nc(C(F)(F)F)c2-c2ccc(F)c(F)c2)CCC3)n1. The zero-order chi connectivity index (χ0) is 25.5. The van der Waals surface area contributed by atoms with E-state index in [1.165, 1.54) is 0 Å². The Kier molecular flexibility index (Phi) is 6.58. The molecule has 0 radical (unpaired) electrons. The minimum Gasteiger partial charge on any atom is -0.438 e. The number of aromatic nitrogens is 3. The molecule has 0 fully saturated rings. The Labute approximate surface area is 196 Å². The maximum Gasteiger partial charge on any atom is 0.434 e. The van der Waals surface area contributed by atoms with Gasteiger partial charge in [0.05, 0.1) is 11.9 Å². The quantitative estimate of drug-likeness (QED) is 0.360. The van der Waals surface area contributed by atoms with Crippen molar-refractivity contribution >= 4 is 22.3 Å². The molecule has 3 aromatic rings. The van der Waals surface area contributed by atoms with Crippen molar-refractivity contribution in [1.82, 2.24) is 14.8 Å². The molecule has 1 N–H and O–H groups in total. The third-order valence-corrected chi connectivity index (χ3v) is 6.21. The van der Waals surface area contributed by atoms with E-state index in [1.54, 1.807) is 6.92 Å². The van der Waals surface area contributed by atoms with Gasteiger partial charge in [-0.15, -0.1) is 10.6 Å². The molecule has 0 atom stereocenters. The molecule has 35 heavy (non-hydrogen) atoms.